The lowest BCUT2D eigenvalue weighted by molar-refractivity contribution is 1.32. The number of nitrogens with zero attached hydrogens (tertiary/aromatic N) is 2. The maximum absolute atomic E-state index is 5.17. The maximum Gasteiger partial charge on any atom is 0.0776 e. The molecule has 4 heteroatoms. The van der Waals surface area contributed by atoms with Gasteiger partial charge in [0.15, 0.2) is 0 Å². The topological polar surface area (TPSA) is 25.8 Å². The zero-order chi connectivity index (χ0) is 22.6. The van der Waals surface area contributed by atoms with Crippen LogP contribution < -0.4 is 5.19 Å². The Labute approximate surface area is 198 Å². The minimum Gasteiger partial charge on any atom is -0.256 e. The summed E-state index contributed by atoms with van der Waals surface area (Å²) in [4.78, 5) is 9.88. The Morgan fingerprint density at radius 2 is 1.48 bits per heavy atom. The van der Waals surface area contributed by atoms with Gasteiger partial charge in [0.2, 0.25) is 0 Å². The molecule has 0 aliphatic heterocycles. The third-order valence-electron chi connectivity index (χ3n) is 6.30. The van der Waals surface area contributed by atoms with Crippen LogP contribution in [0.25, 0.3) is 53.6 Å². The molecule has 3 aromatic carbocycles. The van der Waals surface area contributed by atoms with Gasteiger partial charge in [0, 0.05) is 42.9 Å². The van der Waals surface area contributed by atoms with Gasteiger partial charge in [0.1, 0.15) is 0 Å². The molecule has 3 heterocycles. The Morgan fingerprint density at radius 3 is 2.30 bits per heavy atom. The van der Waals surface area contributed by atoms with Crippen molar-refractivity contribution < 1.29 is 0 Å². The average Bonchev–Trinajstić information content (AvgIpc) is 3.22. The number of thiophene rings is 1. The SMILES string of the molecule is C[Si](C)(C)c1ccc2nc(-c3cccc4c3sc3ccccc34)cc(-c3ccccn3)c2c1. The highest BCUT2D eigenvalue weighted by molar-refractivity contribution is 7.26. The first-order valence-corrected chi connectivity index (χ1v) is 15.6. The molecule has 2 nitrogen and oxygen atoms in total. The molecule has 6 aromatic rings. The standard InChI is InChI=1S/C29H24N2SSi/c1-33(2,3)19-14-15-26-23(17-19)24(25-12-6-7-16-30-25)18-27(31-26)22-11-8-10-21-20-9-4-5-13-28(20)32-29(21)22/h4-18H,1-3H3. The van der Waals surface area contributed by atoms with Gasteiger partial charge in [0.05, 0.1) is 25.0 Å². The molecule has 0 spiro atoms. The van der Waals surface area contributed by atoms with E-state index < -0.39 is 8.07 Å². The van der Waals surface area contributed by atoms with Gasteiger partial charge in [0.25, 0.3) is 0 Å². The van der Waals surface area contributed by atoms with Gasteiger partial charge in [-0.3, -0.25) is 4.98 Å². The predicted octanol–water partition coefficient (Wildman–Crippen LogP) is 7.88. The zero-order valence-corrected chi connectivity index (χ0v) is 20.8. The molecule has 0 saturated carbocycles. The van der Waals surface area contributed by atoms with Crippen molar-refractivity contribution in [3.05, 3.63) is 91.1 Å². The summed E-state index contributed by atoms with van der Waals surface area (Å²) in [6, 6.07) is 30.4. The monoisotopic (exact) mass is 460 g/mol. The van der Waals surface area contributed by atoms with Crippen LogP contribution in [-0.2, 0) is 0 Å². The summed E-state index contributed by atoms with van der Waals surface area (Å²) in [6.07, 6.45) is 1.87. The van der Waals surface area contributed by atoms with E-state index in [4.69, 9.17) is 9.97 Å². The molecular formula is C29H24N2SSi. The van der Waals surface area contributed by atoms with E-state index in [1.165, 1.54) is 36.3 Å². The van der Waals surface area contributed by atoms with Gasteiger partial charge in [-0.1, -0.05) is 79.4 Å². The molecule has 3 aromatic heterocycles. The number of hydrogen-bond acceptors (Lipinski definition) is 3. The first-order chi connectivity index (χ1) is 16.0. The molecular weight excluding hydrogens is 436 g/mol. The van der Waals surface area contributed by atoms with Crippen molar-refractivity contribution in [1.82, 2.24) is 9.97 Å². The van der Waals surface area contributed by atoms with E-state index in [-0.39, 0.29) is 0 Å². The number of rotatable bonds is 3. The van der Waals surface area contributed by atoms with E-state index in [2.05, 4.69) is 98.5 Å². The van der Waals surface area contributed by atoms with Gasteiger partial charge < -0.3 is 0 Å². The van der Waals surface area contributed by atoms with Crippen LogP contribution in [0.3, 0.4) is 0 Å². The van der Waals surface area contributed by atoms with Crippen LogP contribution in [0.15, 0.2) is 91.1 Å². The van der Waals surface area contributed by atoms with Gasteiger partial charge in [-0.15, -0.1) is 11.3 Å². The average molecular weight is 461 g/mol. The highest BCUT2D eigenvalue weighted by Gasteiger charge is 2.19. The number of pyridine rings is 2. The first kappa shape index (κ1) is 20.3. The minimum absolute atomic E-state index is 0.988. The van der Waals surface area contributed by atoms with Gasteiger partial charge in [-0.2, -0.15) is 0 Å². The molecule has 33 heavy (non-hydrogen) atoms. The van der Waals surface area contributed by atoms with Gasteiger partial charge >= 0.3 is 0 Å². The second-order valence-electron chi connectivity index (χ2n) is 9.53. The Morgan fingerprint density at radius 1 is 0.667 bits per heavy atom. The van der Waals surface area contributed by atoms with Crippen molar-refractivity contribution in [3.8, 4) is 22.5 Å². The lowest BCUT2D eigenvalue weighted by Crippen LogP contribution is -2.37. The second kappa shape index (κ2) is 7.61. The van der Waals surface area contributed by atoms with Crippen molar-refractivity contribution in [1.29, 1.82) is 0 Å². The van der Waals surface area contributed by atoms with E-state index in [1.54, 1.807) is 0 Å². The van der Waals surface area contributed by atoms with Gasteiger partial charge in [-0.25, -0.2) is 4.98 Å². The summed E-state index contributed by atoms with van der Waals surface area (Å²) in [5.41, 5.74) is 5.34. The van der Waals surface area contributed by atoms with Gasteiger partial charge in [-0.05, 0) is 30.3 Å². The summed E-state index contributed by atoms with van der Waals surface area (Å²) in [7, 11) is -1.45. The first-order valence-electron chi connectivity index (χ1n) is 11.3. The van der Waals surface area contributed by atoms with Crippen LogP contribution in [0.2, 0.25) is 19.6 Å². The van der Waals surface area contributed by atoms with Crippen LogP contribution in [0.1, 0.15) is 0 Å². The lowest BCUT2D eigenvalue weighted by atomic mass is 10.0. The minimum atomic E-state index is -1.45. The third-order valence-corrected chi connectivity index (χ3v) is 9.56. The van der Waals surface area contributed by atoms with E-state index >= 15 is 0 Å². The summed E-state index contributed by atoms with van der Waals surface area (Å²) in [5.74, 6) is 0. The van der Waals surface area contributed by atoms with Crippen LogP contribution in [-0.4, -0.2) is 18.0 Å². The zero-order valence-electron chi connectivity index (χ0n) is 19.0. The van der Waals surface area contributed by atoms with Crippen molar-refractivity contribution in [3.63, 3.8) is 0 Å². The van der Waals surface area contributed by atoms with Crippen LogP contribution in [0, 0.1) is 0 Å². The molecule has 0 fully saturated rings. The van der Waals surface area contributed by atoms with Crippen LogP contribution >= 0.6 is 11.3 Å². The van der Waals surface area contributed by atoms with Crippen LogP contribution in [0.5, 0.6) is 0 Å². The Balaban J connectivity index is 1.67. The predicted molar refractivity (Wildman–Crippen MR) is 146 cm³/mol. The number of aromatic nitrogens is 2. The smallest absolute Gasteiger partial charge is 0.0776 e. The summed E-state index contributed by atoms with van der Waals surface area (Å²) < 4.78 is 2.60. The summed E-state index contributed by atoms with van der Waals surface area (Å²) in [5, 5.41) is 5.22. The molecule has 0 bridgehead atoms. The summed E-state index contributed by atoms with van der Waals surface area (Å²) >= 11 is 1.85. The van der Waals surface area contributed by atoms with Crippen molar-refractivity contribution in [2.75, 3.05) is 0 Å². The Bertz CT molecular complexity index is 1650. The molecule has 0 atom stereocenters. The third kappa shape index (κ3) is 3.47. The molecule has 0 radical (unpaired) electrons. The van der Waals surface area contributed by atoms with E-state index in [0.29, 0.717) is 0 Å². The molecule has 0 unspecified atom stereocenters. The van der Waals surface area contributed by atoms with E-state index in [1.807, 2.05) is 23.6 Å². The van der Waals surface area contributed by atoms with Crippen molar-refractivity contribution >= 4 is 55.7 Å². The van der Waals surface area contributed by atoms with Crippen LogP contribution in [0.4, 0.5) is 0 Å². The highest BCUT2D eigenvalue weighted by atomic mass is 32.1. The number of benzene rings is 3. The number of hydrogen-bond donors (Lipinski definition) is 0. The van der Waals surface area contributed by atoms with E-state index in [9.17, 15) is 0 Å². The van der Waals surface area contributed by atoms with E-state index in [0.717, 1.165) is 22.5 Å². The Kier molecular flexibility index (Phi) is 4.68. The molecule has 0 aliphatic carbocycles. The molecule has 6 rings (SSSR count). The fourth-order valence-corrected chi connectivity index (χ4v) is 6.90. The summed E-state index contributed by atoms with van der Waals surface area (Å²) in [6.45, 7) is 7.16. The normalized spacial score (nSPS) is 12.1. The Hall–Kier alpha value is -3.34. The fourth-order valence-electron chi connectivity index (χ4n) is 4.51. The molecule has 0 amide bonds. The molecule has 0 saturated heterocycles. The molecule has 0 aliphatic rings. The highest BCUT2D eigenvalue weighted by Crippen LogP contribution is 2.40. The maximum atomic E-state index is 5.17. The number of fused-ring (bicyclic) bond motifs is 4. The quantitative estimate of drug-likeness (QED) is 0.251. The second-order valence-corrected chi connectivity index (χ2v) is 15.7. The lowest BCUT2D eigenvalue weighted by Gasteiger charge is -2.18. The van der Waals surface area contributed by atoms with Crippen molar-refractivity contribution in [2.24, 2.45) is 0 Å². The largest absolute Gasteiger partial charge is 0.256 e. The fraction of sp³-hybridized carbons (Fsp3) is 0.103. The van der Waals surface area contributed by atoms with Crippen molar-refractivity contribution in [2.45, 2.75) is 19.6 Å². The molecule has 0 N–H and O–H groups in total. The molecule has 160 valence electrons.